The Morgan fingerprint density at radius 1 is 1.34 bits per heavy atom. The third-order valence-corrected chi connectivity index (χ3v) is 6.64. The van der Waals surface area contributed by atoms with Gasteiger partial charge in [-0.15, -0.1) is 0 Å². The van der Waals surface area contributed by atoms with Gasteiger partial charge < -0.3 is 24.3 Å². The van der Waals surface area contributed by atoms with Gasteiger partial charge in [-0.25, -0.2) is 4.98 Å². The standard InChI is InChI=1S/C25H28N6O4/c1-34-18-5-2-4-17(12-18)21(32)15-30-16-28-22-20(13-26)24(29-9-7-27-8-10-29)31(23(22)25(30)33)14-19-6-3-11-35-19/h2,4-5,12,16,19,27H,3,6-11,14-15H2,1H3. The second-order valence-electron chi connectivity index (χ2n) is 8.82. The number of nitrogens with zero attached hydrogens (tertiary/aromatic N) is 5. The van der Waals surface area contributed by atoms with Gasteiger partial charge in [0.15, 0.2) is 5.78 Å². The summed E-state index contributed by atoms with van der Waals surface area (Å²) in [5.41, 5.74) is 1.20. The van der Waals surface area contributed by atoms with E-state index in [-0.39, 0.29) is 24.0 Å². The number of Topliss-reactive ketones (excluding diaryl/α,β-unsaturated/α-hetero) is 1. The molecule has 0 amide bonds. The number of ether oxygens (including phenoxy) is 2. The van der Waals surface area contributed by atoms with Crippen molar-refractivity contribution in [2.24, 2.45) is 0 Å². The van der Waals surface area contributed by atoms with Crippen LogP contribution in [0, 0.1) is 11.3 Å². The number of hydrogen-bond acceptors (Lipinski definition) is 8. The Labute approximate surface area is 202 Å². The molecule has 182 valence electrons. The van der Waals surface area contributed by atoms with E-state index in [1.807, 2.05) is 4.57 Å². The van der Waals surface area contributed by atoms with Crippen LogP contribution in [0.25, 0.3) is 11.0 Å². The average molecular weight is 477 g/mol. The second-order valence-corrected chi connectivity index (χ2v) is 8.82. The third-order valence-electron chi connectivity index (χ3n) is 6.64. The zero-order valence-corrected chi connectivity index (χ0v) is 19.7. The molecule has 1 atom stereocenters. The quantitative estimate of drug-likeness (QED) is 0.511. The van der Waals surface area contributed by atoms with Gasteiger partial charge in [0, 0.05) is 38.3 Å². The minimum Gasteiger partial charge on any atom is -0.497 e. The molecule has 2 saturated heterocycles. The van der Waals surface area contributed by atoms with E-state index < -0.39 is 0 Å². The van der Waals surface area contributed by atoms with Crippen molar-refractivity contribution in [3.05, 3.63) is 52.1 Å². The van der Waals surface area contributed by atoms with Crippen LogP contribution in [-0.2, 0) is 17.8 Å². The van der Waals surface area contributed by atoms with Gasteiger partial charge in [0.1, 0.15) is 34.2 Å². The van der Waals surface area contributed by atoms with Crippen LogP contribution in [0.15, 0.2) is 35.4 Å². The van der Waals surface area contributed by atoms with Gasteiger partial charge in [-0.2, -0.15) is 5.26 Å². The van der Waals surface area contributed by atoms with Crippen molar-refractivity contribution in [1.82, 2.24) is 19.4 Å². The molecule has 2 aromatic heterocycles. The van der Waals surface area contributed by atoms with Crippen LogP contribution in [0.3, 0.4) is 0 Å². The second kappa shape index (κ2) is 9.90. The minimum atomic E-state index is -0.345. The molecule has 4 heterocycles. The number of rotatable bonds is 7. The first-order valence-corrected chi connectivity index (χ1v) is 11.9. The molecule has 1 N–H and O–H groups in total. The number of hydrogen-bond donors (Lipinski definition) is 1. The zero-order valence-electron chi connectivity index (χ0n) is 19.7. The summed E-state index contributed by atoms with van der Waals surface area (Å²) in [7, 11) is 1.54. The highest BCUT2D eigenvalue weighted by Crippen LogP contribution is 2.31. The number of anilines is 1. The molecule has 1 aromatic carbocycles. The summed E-state index contributed by atoms with van der Waals surface area (Å²) >= 11 is 0. The van der Waals surface area contributed by atoms with Gasteiger partial charge in [0.2, 0.25) is 0 Å². The van der Waals surface area contributed by atoms with Crippen molar-refractivity contribution in [2.75, 3.05) is 44.8 Å². The van der Waals surface area contributed by atoms with Crippen molar-refractivity contribution in [2.45, 2.75) is 32.0 Å². The number of nitrogens with one attached hydrogen (secondary N) is 1. The van der Waals surface area contributed by atoms with Gasteiger partial charge in [0.05, 0.1) is 32.6 Å². The summed E-state index contributed by atoms with van der Waals surface area (Å²) in [6.07, 6.45) is 3.19. The van der Waals surface area contributed by atoms with Crippen LogP contribution >= 0.6 is 0 Å². The minimum absolute atomic E-state index is 0.0368. The molecule has 2 fully saturated rings. The molecule has 3 aromatic rings. The van der Waals surface area contributed by atoms with E-state index in [4.69, 9.17) is 9.47 Å². The lowest BCUT2D eigenvalue weighted by Crippen LogP contribution is -2.45. The Morgan fingerprint density at radius 3 is 2.89 bits per heavy atom. The number of aromatic nitrogens is 3. The smallest absolute Gasteiger partial charge is 0.278 e. The molecule has 35 heavy (non-hydrogen) atoms. The molecular weight excluding hydrogens is 448 g/mol. The van der Waals surface area contributed by atoms with Crippen molar-refractivity contribution >= 4 is 22.6 Å². The predicted octanol–water partition coefficient (Wildman–Crippen LogP) is 1.55. The van der Waals surface area contributed by atoms with Crippen molar-refractivity contribution in [1.29, 1.82) is 5.26 Å². The first-order valence-electron chi connectivity index (χ1n) is 11.9. The van der Waals surface area contributed by atoms with Gasteiger partial charge in [-0.05, 0) is 25.0 Å². The number of ketones is 1. The molecule has 0 spiro atoms. The molecule has 0 saturated carbocycles. The van der Waals surface area contributed by atoms with Gasteiger partial charge >= 0.3 is 0 Å². The summed E-state index contributed by atoms with van der Waals surface area (Å²) < 4.78 is 14.3. The van der Waals surface area contributed by atoms with Crippen LogP contribution in [-0.4, -0.2) is 65.9 Å². The van der Waals surface area contributed by atoms with E-state index in [0.717, 1.165) is 39.0 Å². The number of carbonyl (C=O) groups excluding carboxylic acids is 1. The topological polar surface area (TPSA) is 114 Å². The fourth-order valence-electron chi connectivity index (χ4n) is 4.88. The van der Waals surface area contributed by atoms with E-state index in [0.29, 0.717) is 46.9 Å². The summed E-state index contributed by atoms with van der Waals surface area (Å²) in [5.74, 6) is 1.05. The molecular formula is C25H28N6O4. The van der Waals surface area contributed by atoms with E-state index >= 15 is 0 Å². The molecule has 0 radical (unpaired) electrons. The maximum absolute atomic E-state index is 13.7. The summed E-state index contributed by atoms with van der Waals surface area (Å²) in [5, 5.41) is 13.4. The Kier molecular flexibility index (Phi) is 6.53. The van der Waals surface area contributed by atoms with Crippen LogP contribution < -0.4 is 20.5 Å². The molecule has 5 rings (SSSR count). The van der Waals surface area contributed by atoms with E-state index in [2.05, 4.69) is 21.3 Å². The molecule has 10 nitrogen and oxygen atoms in total. The summed E-state index contributed by atoms with van der Waals surface area (Å²) in [4.78, 5) is 33.3. The van der Waals surface area contributed by atoms with E-state index in [1.54, 1.807) is 24.3 Å². The summed E-state index contributed by atoms with van der Waals surface area (Å²) in [6, 6.07) is 9.13. The highest BCUT2D eigenvalue weighted by Gasteiger charge is 2.29. The lowest BCUT2D eigenvalue weighted by atomic mass is 10.1. The van der Waals surface area contributed by atoms with Gasteiger partial charge in [-0.1, -0.05) is 12.1 Å². The zero-order chi connectivity index (χ0) is 24.4. The Balaban J connectivity index is 1.60. The number of carbonyl (C=O) groups is 1. The van der Waals surface area contributed by atoms with Crippen molar-refractivity contribution in [3.63, 3.8) is 0 Å². The molecule has 10 heteroatoms. The number of benzene rings is 1. The van der Waals surface area contributed by atoms with E-state index in [9.17, 15) is 14.9 Å². The Morgan fingerprint density at radius 2 is 2.17 bits per heavy atom. The molecule has 2 aliphatic rings. The molecule has 1 unspecified atom stereocenters. The van der Waals surface area contributed by atoms with Gasteiger partial charge in [-0.3, -0.25) is 14.2 Å². The van der Waals surface area contributed by atoms with Gasteiger partial charge in [0.25, 0.3) is 5.56 Å². The third kappa shape index (κ3) is 4.40. The van der Waals surface area contributed by atoms with Crippen LogP contribution in [0.4, 0.5) is 5.82 Å². The van der Waals surface area contributed by atoms with E-state index in [1.165, 1.54) is 18.0 Å². The Bertz CT molecular complexity index is 1340. The lowest BCUT2D eigenvalue weighted by Gasteiger charge is -2.31. The van der Waals surface area contributed by atoms with Crippen LogP contribution in [0.5, 0.6) is 5.75 Å². The number of fused-ring (bicyclic) bond motifs is 1. The maximum atomic E-state index is 13.7. The molecule has 0 bridgehead atoms. The van der Waals surface area contributed by atoms with Crippen molar-refractivity contribution < 1.29 is 14.3 Å². The summed E-state index contributed by atoms with van der Waals surface area (Å²) in [6.45, 7) is 4.01. The van der Waals surface area contributed by atoms with Crippen LogP contribution in [0.1, 0.15) is 28.8 Å². The normalized spacial score (nSPS) is 18.1. The number of piperazine rings is 1. The fourth-order valence-corrected chi connectivity index (χ4v) is 4.88. The lowest BCUT2D eigenvalue weighted by molar-refractivity contribution is 0.0966. The molecule has 2 aliphatic heterocycles. The maximum Gasteiger partial charge on any atom is 0.278 e. The van der Waals surface area contributed by atoms with Crippen molar-refractivity contribution in [3.8, 4) is 11.8 Å². The number of methoxy groups -OCH3 is 1. The first-order chi connectivity index (χ1) is 17.1. The highest BCUT2D eigenvalue weighted by molar-refractivity contribution is 5.96. The fraction of sp³-hybridized carbons (Fsp3) is 0.440. The monoisotopic (exact) mass is 476 g/mol. The van der Waals surface area contributed by atoms with Crippen LogP contribution in [0.2, 0.25) is 0 Å². The SMILES string of the molecule is COc1cccc(C(=O)Cn2cnc3c(C#N)c(N4CCNCC4)n(CC4CCCO4)c3c2=O)c1. The number of nitriles is 1. The highest BCUT2D eigenvalue weighted by atomic mass is 16.5. The Hall–Kier alpha value is -3.68. The predicted molar refractivity (Wildman–Crippen MR) is 130 cm³/mol. The average Bonchev–Trinajstić information content (AvgIpc) is 3.52. The molecule has 0 aliphatic carbocycles. The first kappa shape index (κ1) is 23.1. The largest absolute Gasteiger partial charge is 0.497 e.